The minimum absolute atomic E-state index is 0.0701. The fourth-order valence-electron chi connectivity index (χ4n) is 3.14. The second-order valence-corrected chi connectivity index (χ2v) is 6.64. The van der Waals surface area contributed by atoms with E-state index in [2.05, 4.69) is 15.2 Å². The van der Waals surface area contributed by atoms with E-state index in [1.165, 1.54) is 0 Å². The van der Waals surface area contributed by atoms with Crippen LogP contribution in [0, 0.1) is 0 Å². The monoisotopic (exact) mass is 335 g/mol. The normalized spacial score (nSPS) is 21.7. The Morgan fingerprint density at radius 2 is 2.30 bits per heavy atom. The minimum Gasteiger partial charge on any atom is -0.391 e. The fourth-order valence-corrected chi connectivity index (χ4v) is 3.45. The van der Waals surface area contributed by atoms with Crippen molar-refractivity contribution in [2.75, 3.05) is 18.0 Å². The number of allylic oxidation sites excluding steroid dienone is 1. The van der Waals surface area contributed by atoms with Crippen molar-refractivity contribution in [1.29, 1.82) is 0 Å². The summed E-state index contributed by atoms with van der Waals surface area (Å²) in [4.78, 5) is 18.6. The molecule has 0 aromatic carbocycles. The molecule has 0 spiro atoms. The van der Waals surface area contributed by atoms with Crippen molar-refractivity contribution >= 4 is 23.3 Å². The zero-order valence-corrected chi connectivity index (χ0v) is 13.9. The van der Waals surface area contributed by atoms with Crippen LogP contribution in [0.25, 0.3) is 0 Å². The predicted octanol–water partition coefficient (Wildman–Crippen LogP) is 2.34. The van der Waals surface area contributed by atoms with E-state index >= 15 is 0 Å². The van der Waals surface area contributed by atoms with Gasteiger partial charge in [0.2, 0.25) is 5.91 Å². The molecule has 1 saturated heterocycles. The number of aromatic nitrogens is 1. The Morgan fingerprint density at radius 1 is 1.43 bits per heavy atom. The number of anilines is 1. The van der Waals surface area contributed by atoms with Gasteiger partial charge in [0.15, 0.2) is 0 Å². The van der Waals surface area contributed by atoms with Crippen LogP contribution in [0.1, 0.15) is 37.7 Å². The van der Waals surface area contributed by atoms with Gasteiger partial charge < -0.3 is 15.3 Å². The van der Waals surface area contributed by atoms with Crippen molar-refractivity contribution in [2.45, 2.75) is 44.8 Å². The number of nitrogens with zero attached hydrogens (tertiary/aromatic N) is 2. The van der Waals surface area contributed by atoms with Crippen LogP contribution in [0.3, 0.4) is 0 Å². The van der Waals surface area contributed by atoms with E-state index < -0.39 is 0 Å². The molecule has 5 nitrogen and oxygen atoms in total. The summed E-state index contributed by atoms with van der Waals surface area (Å²) in [6.45, 7) is 1.98. The van der Waals surface area contributed by atoms with Crippen molar-refractivity contribution in [1.82, 2.24) is 10.3 Å². The highest BCUT2D eigenvalue weighted by atomic mass is 35.5. The number of nitrogens with one attached hydrogen (secondary N) is 1. The van der Waals surface area contributed by atoms with E-state index in [0.29, 0.717) is 18.1 Å². The first kappa shape index (κ1) is 16.3. The number of carbonyl (C=O) groups is 1. The molecule has 2 aliphatic rings. The number of amides is 1. The van der Waals surface area contributed by atoms with Crippen LogP contribution in [0.5, 0.6) is 0 Å². The van der Waals surface area contributed by atoms with Gasteiger partial charge in [-0.3, -0.25) is 4.79 Å². The average Bonchev–Trinajstić information content (AvgIpc) is 2.99. The molecule has 0 saturated carbocycles. The Morgan fingerprint density at radius 3 is 3.04 bits per heavy atom. The minimum atomic E-state index is -0.287. The van der Waals surface area contributed by atoms with Crippen molar-refractivity contribution in [3.05, 3.63) is 34.5 Å². The summed E-state index contributed by atoms with van der Waals surface area (Å²) >= 11 is 6.07. The van der Waals surface area contributed by atoms with Crippen LogP contribution in [0.4, 0.5) is 5.82 Å². The van der Waals surface area contributed by atoms with Crippen LogP contribution in [-0.2, 0) is 11.3 Å². The molecule has 1 aromatic rings. The van der Waals surface area contributed by atoms with Gasteiger partial charge in [0.25, 0.3) is 0 Å². The van der Waals surface area contributed by atoms with Gasteiger partial charge in [-0.15, -0.1) is 0 Å². The van der Waals surface area contributed by atoms with Gasteiger partial charge in [0, 0.05) is 36.4 Å². The zero-order chi connectivity index (χ0) is 16.2. The number of rotatable bonds is 4. The molecule has 1 atom stereocenters. The highest BCUT2D eigenvalue weighted by Crippen LogP contribution is 2.28. The molecule has 0 bridgehead atoms. The number of β-amino-alcohol motifs (C(OH)–C–C–N with tert-alkyl or cyclic N) is 1. The Bertz CT molecular complexity index is 618. The second-order valence-electron chi connectivity index (χ2n) is 6.18. The quantitative estimate of drug-likeness (QED) is 0.886. The Labute approximate surface area is 141 Å². The lowest BCUT2D eigenvalue weighted by Gasteiger charge is -2.31. The number of aliphatic hydroxyl groups is 1. The first-order valence-electron chi connectivity index (χ1n) is 8.17. The molecule has 1 fully saturated rings. The average molecular weight is 336 g/mol. The molecule has 1 amide bonds. The molecule has 1 aliphatic carbocycles. The van der Waals surface area contributed by atoms with Crippen LogP contribution in [-0.4, -0.2) is 35.2 Å². The maximum Gasteiger partial charge on any atom is 0.248 e. The third-order valence-electron chi connectivity index (χ3n) is 4.41. The summed E-state index contributed by atoms with van der Waals surface area (Å²) in [5, 5.41) is 13.4. The summed E-state index contributed by atoms with van der Waals surface area (Å²) in [6.07, 6.45) is 5.81. The Balaban J connectivity index is 1.61. The summed E-state index contributed by atoms with van der Waals surface area (Å²) in [7, 11) is 0. The van der Waals surface area contributed by atoms with Crippen molar-refractivity contribution in [3.8, 4) is 0 Å². The van der Waals surface area contributed by atoms with Crippen LogP contribution in [0.2, 0.25) is 0 Å². The lowest BCUT2D eigenvalue weighted by Crippen LogP contribution is -2.38. The maximum atomic E-state index is 12.1. The third kappa shape index (κ3) is 4.03. The molecule has 1 unspecified atom stereocenters. The maximum absolute atomic E-state index is 12.1. The first-order chi connectivity index (χ1) is 11.1. The van der Waals surface area contributed by atoms with Crippen molar-refractivity contribution in [3.63, 3.8) is 0 Å². The number of carbonyl (C=O) groups excluding carboxylic acids is 1. The molecular formula is C17H22ClN3O2. The fraction of sp³-hybridized carbons (Fsp3) is 0.529. The smallest absolute Gasteiger partial charge is 0.248 e. The topological polar surface area (TPSA) is 65.5 Å². The number of pyridine rings is 1. The largest absolute Gasteiger partial charge is 0.391 e. The SMILES string of the molecule is O=C(NCc1ccnc(N2CCCC(O)C2)c1)C1=C(Cl)CCC1. The van der Waals surface area contributed by atoms with E-state index in [9.17, 15) is 9.90 Å². The number of aliphatic hydroxyl groups excluding tert-OH is 1. The van der Waals surface area contributed by atoms with Gasteiger partial charge >= 0.3 is 0 Å². The molecule has 2 N–H and O–H groups in total. The van der Waals surface area contributed by atoms with Crippen molar-refractivity contribution in [2.24, 2.45) is 0 Å². The third-order valence-corrected chi connectivity index (χ3v) is 4.83. The van der Waals surface area contributed by atoms with Gasteiger partial charge in [-0.05, 0) is 49.8 Å². The van der Waals surface area contributed by atoms with E-state index in [0.717, 1.165) is 55.6 Å². The molecule has 1 aliphatic heterocycles. The number of hydrogen-bond acceptors (Lipinski definition) is 4. The van der Waals surface area contributed by atoms with Gasteiger partial charge in [-0.2, -0.15) is 0 Å². The zero-order valence-electron chi connectivity index (χ0n) is 13.1. The highest BCUT2D eigenvalue weighted by Gasteiger charge is 2.20. The molecule has 124 valence electrons. The lowest BCUT2D eigenvalue weighted by atomic mass is 10.1. The second kappa shape index (κ2) is 7.32. The van der Waals surface area contributed by atoms with Crippen LogP contribution < -0.4 is 10.2 Å². The van der Waals surface area contributed by atoms with Gasteiger partial charge in [0.1, 0.15) is 5.82 Å². The predicted molar refractivity (Wildman–Crippen MR) is 90.3 cm³/mol. The molecule has 6 heteroatoms. The Hall–Kier alpha value is -1.59. The van der Waals surface area contributed by atoms with E-state index in [-0.39, 0.29) is 12.0 Å². The lowest BCUT2D eigenvalue weighted by molar-refractivity contribution is -0.117. The van der Waals surface area contributed by atoms with Gasteiger partial charge in [-0.1, -0.05) is 11.6 Å². The van der Waals surface area contributed by atoms with Gasteiger partial charge in [0.05, 0.1) is 6.10 Å². The molecule has 2 heterocycles. The highest BCUT2D eigenvalue weighted by molar-refractivity contribution is 6.32. The van der Waals surface area contributed by atoms with E-state index in [4.69, 9.17) is 11.6 Å². The molecule has 23 heavy (non-hydrogen) atoms. The standard InChI is InChI=1S/C17H22ClN3O2/c18-15-5-1-4-14(15)17(23)20-10-12-6-7-19-16(9-12)21-8-2-3-13(22)11-21/h6-7,9,13,22H,1-5,8,10-11H2,(H,20,23). The van der Waals surface area contributed by atoms with E-state index in [1.807, 2.05) is 12.1 Å². The summed E-state index contributed by atoms with van der Waals surface area (Å²) < 4.78 is 0. The van der Waals surface area contributed by atoms with Crippen molar-refractivity contribution < 1.29 is 9.90 Å². The van der Waals surface area contributed by atoms with E-state index in [1.54, 1.807) is 6.20 Å². The number of halogens is 1. The summed E-state index contributed by atoms with van der Waals surface area (Å²) in [5.41, 5.74) is 1.72. The molecular weight excluding hydrogens is 314 g/mol. The number of piperidine rings is 1. The molecule has 1 aromatic heterocycles. The first-order valence-corrected chi connectivity index (χ1v) is 8.55. The number of hydrogen-bond donors (Lipinski definition) is 2. The molecule has 0 radical (unpaired) electrons. The van der Waals surface area contributed by atoms with Gasteiger partial charge in [-0.25, -0.2) is 4.98 Å². The Kier molecular flexibility index (Phi) is 5.18. The van der Waals surface area contributed by atoms with Crippen LogP contribution >= 0.6 is 11.6 Å². The molecule has 3 rings (SSSR count). The summed E-state index contributed by atoms with van der Waals surface area (Å²) in [5.74, 6) is 0.785. The van der Waals surface area contributed by atoms with Crippen LogP contribution in [0.15, 0.2) is 28.9 Å². The summed E-state index contributed by atoms with van der Waals surface area (Å²) in [6, 6.07) is 3.87.